The van der Waals surface area contributed by atoms with Gasteiger partial charge in [0.1, 0.15) is 0 Å². The summed E-state index contributed by atoms with van der Waals surface area (Å²) in [4.78, 5) is 11.4. The van der Waals surface area contributed by atoms with Crippen LogP contribution in [0.1, 0.15) is 15.9 Å². The predicted molar refractivity (Wildman–Crippen MR) is 97.7 cm³/mol. The number of alkyl halides is 3. The van der Waals surface area contributed by atoms with Gasteiger partial charge in [0.25, 0.3) is 0 Å². The summed E-state index contributed by atoms with van der Waals surface area (Å²) in [7, 11) is 0. The number of halogens is 4. The number of nitrogen functional groups attached to an aromatic ring is 1. The average Bonchev–Trinajstić information content (AvgIpc) is 2.88. The van der Waals surface area contributed by atoms with E-state index >= 15 is 0 Å². The number of rotatable bonds is 3. The summed E-state index contributed by atoms with van der Waals surface area (Å²) in [6.07, 6.45) is -3.73. The van der Waals surface area contributed by atoms with E-state index in [1.54, 1.807) is 30.3 Å². The summed E-state index contributed by atoms with van der Waals surface area (Å²) in [6, 6.07) is 11.9. The van der Waals surface area contributed by atoms with Crippen LogP contribution in [0.15, 0.2) is 52.3 Å². The molecule has 0 saturated heterocycles. The monoisotopic (exact) mass is 425 g/mol. The van der Waals surface area contributed by atoms with Crippen LogP contribution in [0, 0.1) is 0 Å². The van der Waals surface area contributed by atoms with E-state index in [1.807, 2.05) is 0 Å². The van der Waals surface area contributed by atoms with Crippen molar-refractivity contribution in [3.05, 3.63) is 63.4 Å². The lowest BCUT2D eigenvalue weighted by Gasteiger charge is -2.12. The Labute approximate surface area is 154 Å². The molecule has 7 heteroatoms. The van der Waals surface area contributed by atoms with Gasteiger partial charge in [-0.1, -0.05) is 36.4 Å². The van der Waals surface area contributed by atoms with Gasteiger partial charge in [-0.05, 0) is 39.2 Å². The molecule has 1 heterocycles. The Morgan fingerprint density at radius 3 is 2.44 bits per heavy atom. The quantitative estimate of drug-likeness (QED) is 0.503. The first-order chi connectivity index (χ1) is 11.8. The molecule has 25 heavy (non-hydrogen) atoms. The Morgan fingerprint density at radius 1 is 1.04 bits per heavy atom. The number of hydrogen-bond donors (Lipinski definition) is 1. The Morgan fingerprint density at radius 2 is 1.76 bits per heavy atom. The summed E-state index contributed by atoms with van der Waals surface area (Å²) in [5.41, 5.74) is 7.86. The lowest BCUT2D eigenvalue weighted by atomic mass is 9.94. The smallest absolute Gasteiger partial charge is 0.390 e. The SMILES string of the molecule is Nc1sc(Br)c(-c2cccc(C(F)(F)F)c2)c1-c1ccccc1C=O. The highest BCUT2D eigenvalue weighted by molar-refractivity contribution is 9.11. The van der Waals surface area contributed by atoms with Crippen LogP contribution < -0.4 is 5.73 Å². The fraction of sp³-hybridized carbons (Fsp3) is 0.0556. The Hall–Kier alpha value is -2.12. The van der Waals surface area contributed by atoms with E-state index in [9.17, 15) is 18.0 Å². The minimum Gasteiger partial charge on any atom is -0.390 e. The number of thiophene rings is 1. The molecule has 0 aliphatic rings. The van der Waals surface area contributed by atoms with Crippen LogP contribution in [-0.4, -0.2) is 6.29 Å². The average molecular weight is 426 g/mol. The molecule has 0 unspecified atom stereocenters. The van der Waals surface area contributed by atoms with Gasteiger partial charge in [-0.2, -0.15) is 13.2 Å². The second kappa shape index (κ2) is 6.65. The second-order valence-corrected chi connectivity index (χ2v) is 7.64. The molecule has 0 aliphatic carbocycles. The topological polar surface area (TPSA) is 43.1 Å². The predicted octanol–water partition coefficient (Wildman–Crippen LogP) is 6.26. The van der Waals surface area contributed by atoms with Crippen LogP contribution in [0.4, 0.5) is 18.2 Å². The number of carbonyl (C=O) groups excluding carboxylic acids is 1. The van der Waals surface area contributed by atoms with Crippen molar-refractivity contribution >= 4 is 38.6 Å². The molecule has 2 nitrogen and oxygen atoms in total. The molecule has 128 valence electrons. The van der Waals surface area contributed by atoms with Crippen molar-refractivity contribution < 1.29 is 18.0 Å². The zero-order chi connectivity index (χ0) is 18.2. The van der Waals surface area contributed by atoms with Gasteiger partial charge in [-0.3, -0.25) is 4.79 Å². The van der Waals surface area contributed by atoms with Crippen molar-refractivity contribution in [1.29, 1.82) is 0 Å². The van der Waals surface area contributed by atoms with E-state index in [1.165, 1.54) is 17.4 Å². The normalized spacial score (nSPS) is 11.5. The molecule has 0 fully saturated rings. The third-order valence-corrected chi connectivity index (χ3v) is 5.42. The van der Waals surface area contributed by atoms with Gasteiger partial charge < -0.3 is 5.73 Å². The molecule has 3 aromatic rings. The zero-order valence-electron chi connectivity index (χ0n) is 12.6. The lowest BCUT2D eigenvalue weighted by Crippen LogP contribution is -2.04. The van der Waals surface area contributed by atoms with Crippen LogP contribution in [0.25, 0.3) is 22.3 Å². The Balaban J connectivity index is 2.28. The van der Waals surface area contributed by atoms with Crippen molar-refractivity contribution in [3.8, 4) is 22.3 Å². The van der Waals surface area contributed by atoms with Gasteiger partial charge in [-0.15, -0.1) is 11.3 Å². The molecule has 2 aromatic carbocycles. The first-order valence-electron chi connectivity index (χ1n) is 7.13. The molecule has 0 saturated carbocycles. The standard InChI is InChI=1S/C18H11BrF3NOS/c19-16-14(10-5-3-6-12(8-10)18(20,21)22)15(17(23)25-16)13-7-2-1-4-11(13)9-24/h1-9H,23H2. The molecule has 0 spiro atoms. The highest BCUT2D eigenvalue weighted by Crippen LogP contribution is 2.49. The van der Waals surface area contributed by atoms with Crippen LogP contribution in [0.3, 0.4) is 0 Å². The van der Waals surface area contributed by atoms with Gasteiger partial charge >= 0.3 is 6.18 Å². The number of nitrogens with two attached hydrogens (primary N) is 1. The third-order valence-electron chi connectivity index (χ3n) is 3.73. The zero-order valence-corrected chi connectivity index (χ0v) is 15.0. The number of aldehydes is 1. The Bertz CT molecular complexity index is 950. The van der Waals surface area contributed by atoms with E-state index in [4.69, 9.17) is 5.73 Å². The summed E-state index contributed by atoms with van der Waals surface area (Å²) in [5.74, 6) is 0. The van der Waals surface area contributed by atoms with Crippen molar-refractivity contribution in [2.24, 2.45) is 0 Å². The maximum atomic E-state index is 13.1. The van der Waals surface area contributed by atoms with E-state index in [0.717, 1.165) is 12.1 Å². The van der Waals surface area contributed by atoms with E-state index in [0.29, 0.717) is 42.9 Å². The van der Waals surface area contributed by atoms with E-state index in [2.05, 4.69) is 15.9 Å². The summed E-state index contributed by atoms with van der Waals surface area (Å²) < 4.78 is 39.8. The number of benzene rings is 2. The summed E-state index contributed by atoms with van der Waals surface area (Å²) in [5, 5.41) is 0.425. The van der Waals surface area contributed by atoms with Crippen LogP contribution in [-0.2, 0) is 6.18 Å². The van der Waals surface area contributed by atoms with Crippen LogP contribution >= 0.6 is 27.3 Å². The molecule has 0 aliphatic heterocycles. The van der Waals surface area contributed by atoms with Crippen molar-refractivity contribution in [2.45, 2.75) is 6.18 Å². The molecular formula is C18H11BrF3NOS. The Kier molecular flexibility index (Phi) is 4.71. The minimum absolute atomic E-state index is 0.380. The molecule has 2 N–H and O–H groups in total. The van der Waals surface area contributed by atoms with E-state index in [-0.39, 0.29) is 0 Å². The fourth-order valence-corrected chi connectivity index (χ4v) is 4.40. The maximum Gasteiger partial charge on any atom is 0.416 e. The maximum absolute atomic E-state index is 13.1. The minimum atomic E-state index is -4.44. The summed E-state index contributed by atoms with van der Waals surface area (Å²) in [6.45, 7) is 0. The molecule has 0 amide bonds. The van der Waals surface area contributed by atoms with Crippen LogP contribution in [0.2, 0.25) is 0 Å². The molecule has 3 rings (SSSR count). The van der Waals surface area contributed by atoms with Crippen molar-refractivity contribution in [1.82, 2.24) is 0 Å². The third kappa shape index (κ3) is 3.34. The molecule has 1 aromatic heterocycles. The molecule has 0 radical (unpaired) electrons. The van der Waals surface area contributed by atoms with Crippen molar-refractivity contribution in [2.75, 3.05) is 5.73 Å². The van der Waals surface area contributed by atoms with Gasteiger partial charge in [0, 0.05) is 16.7 Å². The number of hydrogen-bond acceptors (Lipinski definition) is 3. The first-order valence-corrected chi connectivity index (χ1v) is 8.74. The molecular weight excluding hydrogens is 415 g/mol. The number of carbonyl (C=O) groups is 1. The highest BCUT2D eigenvalue weighted by Gasteiger charge is 2.31. The van der Waals surface area contributed by atoms with E-state index < -0.39 is 11.7 Å². The summed E-state index contributed by atoms with van der Waals surface area (Å²) >= 11 is 4.61. The largest absolute Gasteiger partial charge is 0.416 e. The lowest BCUT2D eigenvalue weighted by molar-refractivity contribution is -0.137. The highest BCUT2D eigenvalue weighted by atomic mass is 79.9. The number of anilines is 1. The first kappa shape index (κ1) is 17.7. The van der Waals surface area contributed by atoms with Gasteiger partial charge in [0.15, 0.2) is 6.29 Å². The van der Waals surface area contributed by atoms with Crippen LogP contribution in [0.5, 0.6) is 0 Å². The molecule has 0 atom stereocenters. The second-order valence-electron chi connectivity index (χ2n) is 5.27. The van der Waals surface area contributed by atoms with Gasteiger partial charge in [0.05, 0.1) is 14.4 Å². The van der Waals surface area contributed by atoms with Gasteiger partial charge in [0.2, 0.25) is 0 Å². The van der Waals surface area contributed by atoms with Gasteiger partial charge in [-0.25, -0.2) is 0 Å². The molecule has 0 bridgehead atoms. The fourth-order valence-electron chi connectivity index (χ4n) is 2.62. The van der Waals surface area contributed by atoms with Crippen molar-refractivity contribution in [3.63, 3.8) is 0 Å².